The molecule has 5 nitrogen and oxygen atoms in total. The minimum Gasteiger partial charge on any atom is -0.460 e. The van der Waals surface area contributed by atoms with Crippen molar-refractivity contribution >= 4 is 16.7 Å². The maximum absolute atomic E-state index is 13.9. The van der Waals surface area contributed by atoms with Crippen molar-refractivity contribution in [1.82, 2.24) is 15.0 Å². The molecule has 174 valence electrons. The first-order valence-electron chi connectivity index (χ1n) is 11.0. The zero-order valence-electron chi connectivity index (χ0n) is 19.3. The number of hydrogen-bond acceptors (Lipinski definition) is 5. The molecule has 0 saturated heterocycles. The molecule has 0 unspecified atom stereocenters. The lowest BCUT2D eigenvalue weighted by Gasteiger charge is -2.23. The lowest BCUT2D eigenvalue weighted by Crippen LogP contribution is -2.25. The predicted octanol–water partition coefficient (Wildman–Crippen LogP) is 6.03. The van der Waals surface area contributed by atoms with Gasteiger partial charge in [-0.05, 0) is 61.9 Å². The Hall–Kier alpha value is -3.74. The Morgan fingerprint density at radius 2 is 1.76 bits per heavy atom. The Balaban J connectivity index is 1.80. The second-order valence-corrected chi connectivity index (χ2v) is 9.19. The van der Waals surface area contributed by atoms with Gasteiger partial charge in [-0.25, -0.2) is 18.7 Å². The zero-order valence-corrected chi connectivity index (χ0v) is 19.3. The first-order chi connectivity index (χ1) is 16.2. The number of fused-ring (bicyclic) bond motifs is 1. The van der Waals surface area contributed by atoms with Crippen molar-refractivity contribution in [2.45, 2.75) is 45.1 Å². The summed E-state index contributed by atoms with van der Waals surface area (Å²) in [4.78, 5) is 25.7. The van der Waals surface area contributed by atoms with Gasteiger partial charge in [0.25, 0.3) is 0 Å². The monoisotopic (exact) mass is 461 g/mol. The van der Waals surface area contributed by atoms with Crippen LogP contribution in [0.1, 0.15) is 44.4 Å². The van der Waals surface area contributed by atoms with Crippen molar-refractivity contribution in [1.29, 1.82) is 0 Å². The van der Waals surface area contributed by atoms with Crippen molar-refractivity contribution in [3.8, 4) is 11.1 Å². The standard InChI is InChI=1S/C27H25F2N3O2/c1-27(2,3)34-25(33)12-19(9-17-10-20(28)13-21(29)11-17)26-24(15-31-16-32-26)23-6-4-5-18-14-30-8-7-22(18)23/h4-8,10-11,13-16,19H,9,12H2,1-3H3/t19-/m1/s1. The van der Waals surface area contributed by atoms with Gasteiger partial charge < -0.3 is 4.74 Å². The number of esters is 1. The average Bonchev–Trinajstić information content (AvgIpc) is 2.76. The largest absolute Gasteiger partial charge is 0.460 e. The third-order valence-corrected chi connectivity index (χ3v) is 5.34. The molecule has 0 aliphatic heterocycles. The van der Waals surface area contributed by atoms with Gasteiger partial charge in [-0.2, -0.15) is 0 Å². The fourth-order valence-electron chi connectivity index (χ4n) is 4.09. The van der Waals surface area contributed by atoms with Gasteiger partial charge in [0.15, 0.2) is 0 Å². The molecule has 2 aromatic heterocycles. The summed E-state index contributed by atoms with van der Waals surface area (Å²) in [5.41, 5.74) is 2.00. The highest BCUT2D eigenvalue weighted by atomic mass is 19.1. The second-order valence-electron chi connectivity index (χ2n) is 9.19. The number of pyridine rings is 1. The van der Waals surface area contributed by atoms with Gasteiger partial charge in [0, 0.05) is 41.5 Å². The third kappa shape index (κ3) is 5.60. The number of carbonyl (C=O) groups excluding carboxylic acids is 1. The third-order valence-electron chi connectivity index (χ3n) is 5.34. The highest BCUT2D eigenvalue weighted by molar-refractivity contribution is 5.96. The molecular weight excluding hydrogens is 436 g/mol. The van der Waals surface area contributed by atoms with E-state index in [1.807, 2.05) is 24.3 Å². The molecule has 0 radical (unpaired) electrons. The molecule has 2 aromatic carbocycles. The molecule has 0 fully saturated rings. The van der Waals surface area contributed by atoms with E-state index in [1.54, 1.807) is 39.4 Å². The Labute approximate surface area is 196 Å². The molecule has 0 spiro atoms. The van der Waals surface area contributed by atoms with Gasteiger partial charge in [-0.3, -0.25) is 9.78 Å². The molecule has 0 bridgehead atoms. The maximum Gasteiger partial charge on any atom is 0.306 e. The Kier molecular flexibility index (Phi) is 6.63. The summed E-state index contributed by atoms with van der Waals surface area (Å²) >= 11 is 0. The van der Waals surface area contributed by atoms with Gasteiger partial charge in [0.2, 0.25) is 0 Å². The van der Waals surface area contributed by atoms with Gasteiger partial charge in [-0.1, -0.05) is 18.2 Å². The number of ether oxygens (including phenoxy) is 1. The molecule has 2 heterocycles. The van der Waals surface area contributed by atoms with Crippen LogP contribution in [0.25, 0.3) is 21.9 Å². The Morgan fingerprint density at radius 3 is 2.50 bits per heavy atom. The van der Waals surface area contributed by atoms with Crippen LogP contribution < -0.4 is 0 Å². The minimum absolute atomic E-state index is 0.00820. The van der Waals surface area contributed by atoms with Crippen molar-refractivity contribution in [2.24, 2.45) is 0 Å². The van der Waals surface area contributed by atoms with Crippen LogP contribution in [0.3, 0.4) is 0 Å². The van der Waals surface area contributed by atoms with Crippen molar-refractivity contribution < 1.29 is 18.3 Å². The first kappa shape index (κ1) is 23.4. The molecule has 0 N–H and O–H groups in total. The molecule has 4 aromatic rings. The van der Waals surface area contributed by atoms with Crippen molar-refractivity contribution in [3.05, 3.63) is 90.3 Å². The number of aromatic nitrogens is 3. The number of hydrogen-bond donors (Lipinski definition) is 0. The van der Waals surface area contributed by atoms with E-state index in [2.05, 4.69) is 15.0 Å². The molecule has 0 saturated carbocycles. The van der Waals surface area contributed by atoms with E-state index in [0.29, 0.717) is 11.3 Å². The van der Waals surface area contributed by atoms with Crippen molar-refractivity contribution in [3.63, 3.8) is 0 Å². The fourth-order valence-corrected chi connectivity index (χ4v) is 4.09. The predicted molar refractivity (Wildman–Crippen MR) is 126 cm³/mol. The highest BCUT2D eigenvalue weighted by Gasteiger charge is 2.26. The number of halogens is 2. The van der Waals surface area contributed by atoms with Gasteiger partial charge in [-0.15, -0.1) is 0 Å². The van der Waals surface area contributed by atoms with Crippen molar-refractivity contribution in [2.75, 3.05) is 0 Å². The first-order valence-corrected chi connectivity index (χ1v) is 11.0. The van der Waals surface area contributed by atoms with E-state index in [9.17, 15) is 13.6 Å². The average molecular weight is 462 g/mol. The van der Waals surface area contributed by atoms with E-state index < -0.39 is 29.1 Å². The van der Waals surface area contributed by atoms with E-state index in [4.69, 9.17) is 4.74 Å². The summed E-state index contributed by atoms with van der Waals surface area (Å²) in [6.07, 6.45) is 6.79. The Morgan fingerprint density at radius 1 is 1.00 bits per heavy atom. The highest BCUT2D eigenvalue weighted by Crippen LogP contribution is 2.35. The van der Waals surface area contributed by atoms with Crippen LogP contribution >= 0.6 is 0 Å². The normalized spacial score (nSPS) is 12.5. The number of carbonyl (C=O) groups is 1. The summed E-state index contributed by atoms with van der Waals surface area (Å²) in [5.74, 6) is -2.25. The molecule has 1 atom stereocenters. The Bertz CT molecular complexity index is 1310. The summed E-state index contributed by atoms with van der Waals surface area (Å²) in [6.45, 7) is 5.38. The van der Waals surface area contributed by atoms with Crippen LogP contribution in [0.2, 0.25) is 0 Å². The van der Waals surface area contributed by atoms with Crippen LogP contribution in [0.15, 0.2) is 67.4 Å². The summed E-state index contributed by atoms with van der Waals surface area (Å²) < 4.78 is 33.4. The lowest BCUT2D eigenvalue weighted by atomic mass is 9.87. The van der Waals surface area contributed by atoms with Gasteiger partial charge in [0.05, 0.1) is 12.1 Å². The van der Waals surface area contributed by atoms with Crippen LogP contribution in [-0.2, 0) is 16.0 Å². The smallest absolute Gasteiger partial charge is 0.306 e. The van der Waals surface area contributed by atoms with E-state index in [0.717, 1.165) is 28.0 Å². The van der Waals surface area contributed by atoms with Crippen LogP contribution in [0.5, 0.6) is 0 Å². The number of rotatable bonds is 6. The van der Waals surface area contributed by atoms with E-state index >= 15 is 0 Å². The van der Waals surface area contributed by atoms with Crippen LogP contribution in [0, 0.1) is 11.6 Å². The SMILES string of the molecule is CC(C)(C)OC(=O)C[C@@H](Cc1cc(F)cc(F)c1)c1ncncc1-c1cccc2cnccc12. The van der Waals surface area contributed by atoms with E-state index in [1.165, 1.54) is 18.5 Å². The minimum atomic E-state index is -0.671. The van der Waals surface area contributed by atoms with Gasteiger partial charge >= 0.3 is 5.97 Å². The van der Waals surface area contributed by atoms with E-state index in [-0.39, 0.29) is 12.8 Å². The molecule has 0 aliphatic carbocycles. The van der Waals surface area contributed by atoms with Gasteiger partial charge in [0.1, 0.15) is 23.6 Å². The second kappa shape index (κ2) is 9.63. The summed E-state index contributed by atoms with van der Waals surface area (Å²) in [5, 5.41) is 1.91. The molecule has 0 amide bonds. The van der Waals surface area contributed by atoms with Crippen LogP contribution in [-0.4, -0.2) is 26.5 Å². The fraction of sp³-hybridized carbons (Fsp3) is 0.259. The number of benzene rings is 2. The molecule has 4 rings (SSSR count). The number of nitrogens with zero attached hydrogens (tertiary/aromatic N) is 3. The summed E-state index contributed by atoms with van der Waals surface area (Å²) in [7, 11) is 0. The molecule has 0 aliphatic rings. The summed E-state index contributed by atoms with van der Waals surface area (Å²) in [6, 6.07) is 11.1. The molecule has 7 heteroatoms. The molecule has 34 heavy (non-hydrogen) atoms. The lowest BCUT2D eigenvalue weighted by molar-refractivity contribution is -0.155. The molecular formula is C27H25F2N3O2. The zero-order chi connectivity index (χ0) is 24.3. The topological polar surface area (TPSA) is 65.0 Å². The maximum atomic E-state index is 13.9. The van der Waals surface area contributed by atoms with Crippen LogP contribution in [0.4, 0.5) is 8.78 Å². The quantitative estimate of drug-likeness (QED) is 0.328.